The maximum atomic E-state index is 5.48. The fourth-order valence-corrected chi connectivity index (χ4v) is 2.53. The normalized spacial score (nSPS) is 10.6. The van der Waals surface area contributed by atoms with Crippen molar-refractivity contribution < 1.29 is 9.47 Å². The van der Waals surface area contributed by atoms with Crippen LogP contribution in [0.15, 0.2) is 48.5 Å². The summed E-state index contributed by atoms with van der Waals surface area (Å²) in [5.74, 6) is 2.40. The number of para-hydroxylation sites is 1. The van der Waals surface area contributed by atoms with Gasteiger partial charge in [-0.05, 0) is 36.2 Å². The van der Waals surface area contributed by atoms with Crippen molar-refractivity contribution in [3.05, 3.63) is 54.1 Å². The fraction of sp³-hybridized carbons (Fsp3) is 0.368. The molecule has 0 aliphatic carbocycles. The van der Waals surface area contributed by atoms with Gasteiger partial charge >= 0.3 is 0 Å². The van der Waals surface area contributed by atoms with E-state index in [1.54, 1.807) is 14.2 Å². The zero-order valence-electron chi connectivity index (χ0n) is 13.9. The van der Waals surface area contributed by atoms with E-state index < -0.39 is 0 Å². The Morgan fingerprint density at radius 2 is 1.59 bits per heavy atom. The number of ether oxygens (including phenoxy) is 2. The van der Waals surface area contributed by atoms with Crippen LogP contribution < -0.4 is 14.4 Å². The molecule has 0 amide bonds. The lowest BCUT2D eigenvalue weighted by molar-refractivity contribution is 0.408. The Morgan fingerprint density at radius 3 is 2.18 bits per heavy atom. The van der Waals surface area contributed by atoms with Crippen LogP contribution in [0.2, 0.25) is 0 Å². The Morgan fingerprint density at radius 1 is 0.909 bits per heavy atom. The van der Waals surface area contributed by atoms with E-state index in [9.17, 15) is 0 Å². The van der Waals surface area contributed by atoms with Gasteiger partial charge in [-0.2, -0.15) is 0 Å². The first-order valence-electron chi connectivity index (χ1n) is 7.65. The Hall–Kier alpha value is -2.16. The van der Waals surface area contributed by atoms with E-state index in [1.165, 1.54) is 11.3 Å². The molecule has 0 N–H and O–H groups in total. The van der Waals surface area contributed by atoms with E-state index in [1.807, 2.05) is 24.3 Å². The van der Waals surface area contributed by atoms with E-state index in [0.717, 1.165) is 24.6 Å². The van der Waals surface area contributed by atoms with Crippen molar-refractivity contribution in [3.8, 4) is 11.5 Å². The Balaban J connectivity index is 2.25. The van der Waals surface area contributed by atoms with E-state index in [-0.39, 0.29) is 0 Å². The Bertz CT molecular complexity index is 578. The third-order valence-electron chi connectivity index (χ3n) is 3.58. The van der Waals surface area contributed by atoms with Crippen LogP contribution >= 0.6 is 0 Å². The first-order chi connectivity index (χ1) is 10.6. The lowest BCUT2D eigenvalue weighted by atomic mass is 10.1. The topological polar surface area (TPSA) is 21.7 Å². The highest BCUT2D eigenvalue weighted by Gasteiger charge is 2.12. The number of nitrogens with zero attached hydrogens (tertiary/aromatic N) is 1. The number of anilines is 1. The molecule has 2 rings (SSSR count). The molecule has 0 saturated carbocycles. The highest BCUT2D eigenvalue weighted by Crippen LogP contribution is 2.25. The van der Waals surface area contributed by atoms with Crippen molar-refractivity contribution in [1.29, 1.82) is 0 Å². The molecule has 118 valence electrons. The van der Waals surface area contributed by atoms with Crippen LogP contribution in [-0.2, 0) is 6.54 Å². The zero-order valence-corrected chi connectivity index (χ0v) is 13.9. The summed E-state index contributed by atoms with van der Waals surface area (Å²) in [6, 6.07) is 16.4. The smallest absolute Gasteiger partial charge is 0.123 e. The number of benzene rings is 2. The number of rotatable bonds is 7. The summed E-state index contributed by atoms with van der Waals surface area (Å²) in [6.45, 7) is 6.29. The van der Waals surface area contributed by atoms with Gasteiger partial charge < -0.3 is 14.4 Å². The third-order valence-corrected chi connectivity index (χ3v) is 3.58. The van der Waals surface area contributed by atoms with Gasteiger partial charge in [-0.3, -0.25) is 0 Å². The molecule has 2 aromatic carbocycles. The molecule has 0 atom stereocenters. The Labute approximate surface area is 133 Å². The van der Waals surface area contributed by atoms with Crippen LogP contribution in [0.25, 0.3) is 0 Å². The standard InChI is InChI=1S/C19H25NO2/c1-15(2)13-20(17-9-11-18(21-3)12-10-17)14-16-7-5-6-8-19(16)22-4/h5-12,15H,13-14H2,1-4H3. The molecule has 0 spiro atoms. The average Bonchev–Trinajstić information content (AvgIpc) is 2.54. The Kier molecular flexibility index (Phi) is 5.70. The van der Waals surface area contributed by atoms with E-state index in [2.05, 4.69) is 43.0 Å². The van der Waals surface area contributed by atoms with Crippen molar-refractivity contribution in [1.82, 2.24) is 0 Å². The molecule has 3 nitrogen and oxygen atoms in total. The van der Waals surface area contributed by atoms with Crippen LogP contribution in [0.1, 0.15) is 19.4 Å². The molecule has 0 saturated heterocycles. The van der Waals surface area contributed by atoms with Crippen LogP contribution in [0, 0.1) is 5.92 Å². The van der Waals surface area contributed by atoms with Crippen LogP contribution in [-0.4, -0.2) is 20.8 Å². The van der Waals surface area contributed by atoms with Crippen LogP contribution in [0.5, 0.6) is 11.5 Å². The summed E-state index contributed by atoms with van der Waals surface area (Å²) < 4.78 is 10.7. The highest BCUT2D eigenvalue weighted by molar-refractivity contribution is 5.50. The number of hydrogen-bond acceptors (Lipinski definition) is 3. The molecule has 0 radical (unpaired) electrons. The predicted molar refractivity (Wildman–Crippen MR) is 91.9 cm³/mol. The molecular weight excluding hydrogens is 274 g/mol. The van der Waals surface area contributed by atoms with Gasteiger partial charge in [-0.1, -0.05) is 32.0 Å². The van der Waals surface area contributed by atoms with E-state index in [0.29, 0.717) is 5.92 Å². The first kappa shape index (κ1) is 16.2. The second-order valence-corrected chi connectivity index (χ2v) is 5.78. The van der Waals surface area contributed by atoms with E-state index >= 15 is 0 Å². The van der Waals surface area contributed by atoms with Crippen molar-refractivity contribution in [2.75, 3.05) is 25.7 Å². The lowest BCUT2D eigenvalue weighted by Gasteiger charge is -2.27. The van der Waals surface area contributed by atoms with Gasteiger partial charge in [0.15, 0.2) is 0 Å². The van der Waals surface area contributed by atoms with Gasteiger partial charge in [0.05, 0.1) is 14.2 Å². The first-order valence-corrected chi connectivity index (χ1v) is 7.65. The second-order valence-electron chi connectivity index (χ2n) is 5.78. The molecular formula is C19H25NO2. The summed E-state index contributed by atoms with van der Waals surface area (Å²) >= 11 is 0. The summed E-state index contributed by atoms with van der Waals surface area (Å²) in [6.07, 6.45) is 0. The predicted octanol–water partition coefficient (Wildman–Crippen LogP) is 4.37. The maximum Gasteiger partial charge on any atom is 0.123 e. The summed E-state index contributed by atoms with van der Waals surface area (Å²) in [5, 5.41) is 0. The van der Waals surface area contributed by atoms with Crippen molar-refractivity contribution in [3.63, 3.8) is 0 Å². The number of methoxy groups -OCH3 is 2. The van der Waals surface area contributed by atoms with Gasteiger partial charge in [-0.25, -0.2) is 0 Å². The minimum Gasteiger partial charge on any atom is -0.497 e. The van der Waals surface area contributed by atoms with Gasteiger partial charge in [0.2, 0.25) is 0 Å². The molecule has 22 heavy (non-hydrogen) atoms. The highest BCUT2D eigenvalue weighted by atomic mass is 16.5. The minimum atomic E-state index is 0.580. The zero-order chi connectivity index (χ0) is 15.9. The molecule has 0 aliphatic heterocycles. The minimum absolute atomic E-state index is 0.580. The molecule has 0 bridgehead atoms. The van der Waals surface area contributed by atoms with Crippen molar-refractivity contribution in [2.24, 2.45) is 5.92 Å². The lowest BCUT2D eigenvalue weighted by Crippen LogP contribution is -2.27. The summed E-state index contributed by atoms with van der Waals surface area (Å²) in [4.78, 5) is 2.38. The third kappa shape index (κ3) is 4.17. The molecule has 0 fully saturated rings. The van der Waals surface area contributed by atoms with Gasteiger partial charge in [0.1, 0.15) is 11.5 Å². The average molecular weight is 299 g/mol. The van der Waals surface area contributed by atoms with Crippen LogP contribution in [0.3, 0.4) is 0 Å². The molecule has 0 aliphatic rings. The van der Waals surface area contributed by atoms with Crippen LogP contribution in [0.4, 0.5) is 5.69 Å². The van der Waals surface area contributed by atoms with Crippen molar-refractivity contribution in [2.45, 2.75) is 20.4 Å². The molecule has 3 heteroatoms. The SMILES string of the molecule is COc1ccc(N(Cc2ccccc2OC)CC(C)C)cc1. The summed E-state index contributed by atoms with van der Waals surface area (Å²) in [7, 11) is 3.41. The molecule has 0 heterocycles. The van der Waals surface area contributed by atoms with Gasteiger partial charge in [-0.15, -0.1) is 0 Å². The molecule has 0 aromatic heterocycles. The fourth-order valence-electron chi connectivity index (χ4n) is 2.53. The second kappa shape index (κ2) is 7.74. The molecule has 0 unspecified atom stereocenters. The largest absolute Gasteiger partial charge is 0.497 e. The quantitative estimate of drug-likeness (QED) is 0.758. The van der Waals surface area contributed by atoms with Crippen molar-refractivity contribution >= 4 is 5.69 Å². The van der Waals surface area contributed by atoms with Gasteiger partial charge in [0, 0.05) is 24.3 Å². The number of hydrogen-bond donors (Lipinski definition) is 0. The monoisotopic (exact) mass is 299 g/mol. The molecule has 2 aromatic rings. The van der Waals surface area contributed by atoms with Gasteiger partial charge in [0.25, 0.3) is 0 Å². The summed E-state index contributed by atoms with van der Waals surface area (Å²) in [5.41, 5.74) is 2.39. The van der Waals surface area contributed by atoms with E-state index in [4.69, 9.17) is 9.47 Å². The maximum absolute atomic E-state index is 5.48.